The third-order valence-electron chi connectivity index (χ3n) is 5.62. The monoisotopic (exact) mass is 307 g/mol. The molecule has 3 fully saturated rings. The lowest BCUT2D eigenvalue weighted by Gasteiger charge is -2.41. The van der Waals surface area contributed by atoms with Gasteiger partial charge in [-0.2, -0.15) is 0 Å². The van der Waals surface area contributed by atoms with E-state index in [1.54, 1.807) is 0 Å². The molecule has 0 aromatic heterocycles. The van der Waals surface area contributed by atoms with E-state index in [2.05, 4.69) is 19.2 Å². The Morgan fingerprint density at radius 1 is 1.09 bits per heavy atom. The first-order chi connectivity index (χ1) is 10.4. The average molecular weight is 307 g/mol. The second-order valence-electron chi connectivity index (χ2n) is 7.07. The first kappa shape index (κ1) is 15.5. The van der Waals surface area contributed by atoms with Crippen LogP contribution < -0.4 is 5.32 Å². The molecule has 3 unspecified atom stereocenters. The summed E-state index contributed by atoms with van der Waals surface area (Å²) in [6.07, 6.45) is 3.27. The molecule has 6 nitrogen and oxygen atoms in total. The van der Waals surface area contributed by atoms with E-state index in [-0.39, 0.29) is 47.7 Å². The Morgan fingerprint density at radius 3 is 2.09 bits per heavy atom. The van der Waals surface area contributed by atoms with Crippen molar-refractivity contribution >= 4 is 17.7 Å². The Kier molecular flexibility index (Phi) is 3.97. The maximum Gasteiger partial charge on any atom is 0.240 e. The molecule has 1 N–H and O–H groups in total. The summed E-state index contributed by atoms with van der Waals surface area (Å²) in [4.78, 5) is 40.4. The van der Waals surface area contributed by atoms with Crippen molar-refractivity contribution in [2.75, 3.05) is 13.1 Å². The van der Waals surface area contributed by atoms with Gasteiger partial charge in [0.25, 0.3) is 0 Å². The highest BCUT2D eigenvalue weighted by Gasteiger charge is 2.49. The van der Waals surface area contributed by atoms with E-state index in [1.165, 1.54) is 6.42 Å². The van der Waals surface area contributed by atoms with Crippen molar-refractivity contribution < 1.29 is 14.4 Å². The second-order valence-corrected chi connectivity index (χ2v) is 7.07. The van der Waals surface area contributed by atoms with Crippen molar-refractivity contribution in [3.63, 3.8) is 0 Å². The van der Waals surface area contributed by atoms with Gasteiger partial charge in [0, 0.05) is 25.2 Å². The molecule has 122 valence electrons. The van der Waals surface area contributed by atoms with Crippen LogP contribution in [0, 0.1) is 11.8 Å². The molecule has 0 radical (unpaired) electrons. The van der Waals surface area contributed by atoms with Crippen LogP contribution in [-0.2, 0) is 14.4 Å². The Bertz CT molecular complexity index is 475. The summed E-state index contributed by atoms with van der Waals surface area (Å²) in [5.41, 5.74) is 0. The van der Waals surface area contributed by atoms with Gasteiger partial charge in [-0.15, -0.1) is 0 Å². The fourth-order valence-corrected chi connectivity index (χ4v) is 4.22. The zero-order valence-corrected chi connectivity index (χ0v) is 13.5. The van der Waals surface area contributed by atoms with Gasteiger partial charge in [-0.1, -0.05) is 0 Å². The van der Waals surface area contributed by atoms with E-state index in [0.29, 0.717) is 13.1 Å². The maximum absolute atomic E-state index is 12.9. The Hall–Kier alpha value is -1.43. The molecular weight excluding hydrogens is 282 g/mol. The molecular formula is C16H25N3O3. The number of imide groups is 1. The molecule has 3 saturated heterocycles. The zero-order chi connectivity index (χ0) is 16.0. The molecule has 0 bridgehead atoms. The predicted octanol–water partition coefficient (Wildman–Crippen LogP) is 0.369. The van der Waals surface area contributed by atoms with E-state index in [4.69, 9.17) is 0 Å². The highest BCUT2D eigenvalue weighted by molar-refractivity contribution is 6.05. The first-order valence-electron chi connectivity index (χ1n) is 8.31. The van der Waals surface area contributed by atoms with Crippen LogP contribution in [0.5, 0.6) is 0 Å². The molecule has 3 rings (SSSR count). The largest absolute Gasteiger partial charge is 0.336 e. The van der Waals surface area contributed by atoms with Crippen LogP contribution in [0.1, 0.15) is 40.0 Å². The third kappa shape index (κ3) is 2.43. The summed E-state index contributed by atoms with van der Waals surface area (Å²) in [6, 6.07) is 0.269. The van der Waals surface area contributed by atoms with Crippen LogP contribution in [-0.4, -0.2) is 58.7 Å². The van der Waals surface area contributed by atoms with E-state index in [1.807, 2.05) is 16.7 Å². The Morgan fingerprint density at radius 2 is 1.59 bits per heavy atom. The summed E-state index contributed by atoms with van der Waals surface area (Å²) in [6.45, 7) is 7.13. The van der Waals surface area contributed by atoms with Crippen molar-refractivity contribution in [1.29, 1.82) is 0 Å². The number of likely N-dealkylation sites (tertiary alicyclic amines) is 2. The summed E-state index contributed by atoms with van der Waals surface area (Å²) in [5.74, 6) is -0.792. The van der Waals surface area contributed by atoms with Crippen LogP contribution in [0.4, 0.5) is 0 Å². The Labute approximate surface area is 131 Å². The summed E-state index contributed by atoms with van der Waals surface area (Å²) < 4.78 is 0. The molecule has 5 atom stereocenters. The van der Waals surface area contributed by atoms with Gasteiger partial charge >= 0.3 is 0 Å². The van der Waals surface area contributed by atoms with Gasteiger partial charge in [-0.25, -0.2) is 0 Å². The summed E-state index contributed by atoms with van der Waals surface area (Å²) in [7, 11) is 0. The molecule has 0 aromatic carbocycles. The molecule has 0 saturated carbocycles. The molecule has 3 aliphatic rings. The molecule has 3 aliphatic heterocycles. The molecule has 0 aliphatic carbocycles. The summed E-state index contributed by atoms with van der Waals surface area (Å²) >= 11 is 0. The molecule has 3 heterocycles. The van der Waals surface area contributed by atoms with Crippen molar-refractivity contribution in [3.8, 4) is 0 Å². The normalized spacial score (nSPS) is 37.1. The molecule has 0 aromatic rings. The Balaban J connectivity index is 1.69. The smallest absolute Gasteiger partial charge is 0.240 e. The quantitative estimate of drug-likeness (QED) is 0.748. The van der Waals surface area contributed by atoms with Gasteiger partial charge in [0.1, 0.15) is 0 Å². The minimum absolute atomic E-state index is 0.132. The number of amides is 3. The van der Waals surface area contributed by atoms with E-state index < -0.39 is 0 Å². The number of nitrogens with one attached hydrogen (secondary N) is 1. The van der Waals surface area contributed by atoms with Crippen molar-refractivity contribution in [2.45, 2.75) is 58.2 Å². The van der Waals surface area contributed by atoms with Crippen LogP contribution in [0.2, 0.25) is 0 Å². The number of fused-ring (bicyclic) bond motifs is 1. The molecule has 6 heteroatoms. The number of hydrogen-bond acceptors (Lipinski definition) is 4. The summed E-state index contributed by atoms with van der Waals surface area (Å²) in [5, 5.41) is 2.39. The fraction of sp³-hybridized carbons (Fsp3) is 0.812. The lowest BCUT2D eigenvalue weighted by molar-refractivity contribution is -0.143. The molecule has 22 heavy (non-hydrogen) atoms. The van der Waals surface area contributed by atoms with Crippen LogP contribution in [0.3, 0.4) is 0 Å². The number of carbonyl (C=O) groups is 3. The fourth-order valence-electron chi connectivity index (χ4n) is 4.22. The van der Waals surface area contributed by atoms with Gasteiger partial charge in [-0.05, 0) is 40.0 Å². The van der Waals surface area contributed by atoms with Gasteiger partial charge < -0.3 is 4.90 Å². The predicted molar refractivity (Wildman–Crippen MR) is 80.8 cm³/mol. The van der Waals surface area contributed by atoms with E-state index in [9.17, 15) is 14.4 Å². The van der Waals surface area contributed by atoms with Crippen LogP contribution in [0.25, 0.3) is 0 Å². The highest BCUT2D eigenvalue weighted by atomic mass is 16.2. The minimum atomic E-state index is -0.279. The van der Waals surface area contributed by atoms with E-state index >= 15 is 0 Å². The lowest BCUT2D eigenvalue weighted by Crippen LogP contribution is -2.54. The highest BCUT2D eigenvalue weighted by Crippen LogP contribution is 2.31. The van der Waals surface area contributed by atoms with Gasteiger partial charge in [0.05, 0.1) is 17.9 Å². The average Bonchev–Trinajstić information content (AvgIpc) is 3.00. The number of nitrogens with zero attached hydrogens (tertiary/aromatic N) is 2. The van der Waals surface area contributed by atoms with Crippen LogP contribution >= 0.6 is 0 Å². The van der Waals surface area contributed by atoms with Gasteiger partial charge in [0.2, 0.25) is 17.7 Å². The zero-order valence-electron chi connectivity index (χ0n) is 13.5. The van der Waals surface area contributed by atoms with Crippen molar-refractivity contribution in [3.05, 3.63) is 0 Å². The standard InChI is InChI=1S/C16H25N3O3/c1-9-5-4-6-10(2)19(9)16(22)11(3)18-7-12-13(8-18)15(21)17-14(12)20/h9-13H,4-8H2,1-3H3,(H,17,20,21)/t9?,10?,11?,12-,13+. The lowest BCUT2D eigenvalue weighted by atomic mass is 9.96. The number of hydrogen-bond donors (Lipinski definition) is 1. The van der Waals surface area contributed by atoms with E-state index in [0.717, 1.165) is 12.8 Å². The van der Waals surface area contributed by atoms with Gasteiger partial charge in [0.15, 0.2) is 0 Å². The first-order valence-corrected chi connectivity index (χ1v) is 8.31. The molecule has 0 spiro atoms. The number of rotatable bonds is 2. The van der Waals surface area contributed by atoms with Crippen molar-refractivity contribution in [2.24, 2.45) is 11.8 Å². The maximum atomic E-state index is 12.9. The van der Waals surface area contributed by atoms with Gasteiger partial charge in [-0.3, -0.25) is 24.6 Å². The number of piperidine rings is 1. The second kappa shape index (κ2) is 5.65. The number of carbonyl (C=O) groups excluding carboxylic acids is 3. The minimum Gasteiger partial charge on any atom is -0.336 e. The van der Waals surface area contributed by atoms with Crippen molar-refractivity contribution in [1.82, 2.24) is 15.1 Å². The SMILES string of the molecule is CC(C(=O)N1C(C)CCCC1C)N1C[C@@H]2C(=O)NC(=O)[C@@H]2C1. The molecule has 3 amide bonds. The third-order valence-corrected chi connectivity index (χ3v) is 5.62. The topological polar surface area (TPSA) is 69.7 Å². The van der Waals surface area contributed by atoms with Crippen LogP contribution in [0.15, 0.2) is 0 Å².